The Bertz CT molecular complexity index is 545. The van der Waals surface area contributed by atoms with Crippen LogP contribution in [0.5, 0.6) is 0 Å². The minimum absolute atomic E-state index is 0.269. The van der Waals surface area contributed by atoms with Gasteiger partial charge in [0, 0.05) is 11.5 Å². The fourth-order valence-corrected chi connectivity index (χ4v) is 4.29. The fourth-order valence-electron chi connectivity index (χ4n) is 4.29. The van der Waals surface area contributed by atoms with Gasteiger partial charge < -0.3 is 4.74 Å². The van der Waals surface area contributed by atoms with E-state index in [1.165, 1.54) is 49.7 Å². The number of hydrogen-bond donors (Lipinski definition) is 0. The maximum atomic E-state index is 6.52. The van der Waals surface area contributed by atoms with Crippen molar-refractivity contribution in [3.63, 3.8) is 0 Å². The minimum atomic E-state index is 0.269. The molecular weight excluding hydrogens is 400 g/mol. The molecule has 194 valence electrons. The fraction of sp³-hybridized carbons (Fsp3) is 0.688. The van der Waals surface area contributed by atoms with Gasteiger partial charge in [-0.3, -0.25) is 0 Å². The Morgan fingerprint density at radius 3 is 1.70 bits per heavy atom. The topological polar surface area (TPSA) is 9.23 Å². The Balaban J connectivity index is -0.000000780. The van der Waals surface area contributed by atoms with Crippen molar-refractivity contribution in [2.75, 3.05) is 0 Å². The molecule has 1 heteroatoms. The van der Waals surface area contributed by atoms with E-state index in [-0.39, 0.29) is 6.10 Å². The summed E-state index contributed by atoms with van der Waals surface area (Å²) in [5.41, 5.74) is 2.58. The highest BCUT2D eigenvalue weighted by Gasteiger charge is 2.41. The predicted molar refractivity (Wildman–Crippen MR) is 155 cm³/mol. The van der Waals surface area contributed by atoms with Crippen molar-refractivity contribution in [3.05, 3.63) is 59.9 Å². The lowest BCUT2D eigenvalue weighted by Gasteiger charge is -2.30. The normalized spacial score (nSPS) is 22.3. The first-order valence-electron chi connectivity index (χ1n) is 13.9. The third kappa shape index (κ3) is 13.7. The molecule has 0 aromatic rings. The lowest BCUT2D eigenvalue weighted by atomic mass is 9.78. The Kier molecular flexibility index (Phi) is 27.5. The molecule has 0 aromatic heterocycles. The first kappa shape index (κ1) is 36.1. The van der Waals surface area contributed by atoms with E-state index >= 15 is 0 Å². The van der Waals surface area contributed by atoms with Crippen LogP contribution < -0.4 is 0 Å². The summed E-state index contributed by atoms with van der Waals surface area (Å²) in [7, 11) is 0. The van der Waals surface area contributed by atoms with E-state index in [4.69, 9.17) is 4.74 Å². The van der Waals surface area contributed by atoms with Crippen LogP contribution in [-0.4, -0.2) is 6.10 Å². The van der Waals surface area contributed by atoms with Crippen molar-refractivity contribution in [3.8, 4) is 0 Å². The predicted octanol–water partition coefficient (Wildman–Crippen LogP) is 11.3. The third-order valence-corrected chi connectivity index (χ3v) is 5.88. The summed E-state index contributed by atoms with van der Waals surface area (Å²) >= 11 is 0. The Morgan fingerprint density at radius 1 is 0.848 bits per heavy atom. The van der Waals surface area contributed by atoms with E-state index in [9.17, 15) is 0 Å². The van der Waals surface area contributed by atoms with E-state index in [0.29, 0.717) is 11.8 Å². The highest BCUT2D eigenvalue weighted by Crippen LogP contribution is 2.44. The SMILES string of the molecule is C/C=C\C.C=C/C=C1\C(=C(C)C)OC(C(C)C2CCCCCC2)C1/C=C\C.CC.CC.CC. The summed E-state index contributed by atoms with van der Waals surface area (Å²) in [5.74, 6) is 2.86. The van der Waals surface area contributed by atoms with E-state index < -0.39 is 0 Å². The molecule has 0 bridgehead atoms. The Morgan fingerprint density at radius 2 is 1.33 bits per heavy atom. The lowest BCUT2D eigenvalue weighted by molar-refractivity contribution is 0.0570. The molecule has 0 amide bonds. The third-order valence-electron chi connectivity index (χ3n) is 5.88. The molecule has 1 nitrogen and oxygen atoms in total. The van der Waals surface area contributed by atoms with Gasteiger partial charge in [-0.15, -0.1) is 0 Å². The summed E-state index contributed by atoms with van der Waals surface area (Å²) in [4.78, 5) is 0. The second-order valence-corrected chi connectivity index (χ2v) is 8.10. The van der Waals surface area contributed by atoms with Gasteiger partial charge in [0.2, 0.25) is 0 Å². The number of hydrogen-bond acceptors (Lipinski definition) is 1. The zero-order valence-corrected chi connectivity index (χ0v) is 24.6. The summed E-state index contributed by atoms with van der Waals surface area (Å²) in [6, 6.07) is 0. The average molecular weight is 461 g/mol. The standard InChI is InChI=1S/C22H34O.C4H8.3C2H6/c1-6-12-19-20(13-7-2)22(23-21(19)16(3)4)17(5)18-14-10-8-9-11-15-18;1-3-4-2;3*1-2/h6-7,12-13,17-18,20,22H,1,8-11,14-15H2,2-5H3;3-4H,1-2H3;3*1-2H3/b13-7-,19-12-;4-3-;;;. The van der Waals surface area contributed by atoms with Crippen LogP contribution in [0.25, 0.3) is 0 Å². The maximum absolute atomic E-state index is 6.52. The van der Waals surface area contributed by atoms with Gasteiger partial charge in [-0.2, -0.15) is 0 Å². The Labute approximate surface area is 210 Å². The number of rotatable bonds is 4. The zero-order chi connectivity index (χ0) is 26.2. The molecule has 2 fully saturated rings. The molecule has 0 radical (unpaired) electrons. The van der Waals surface area contributed by atoms with Crippen LogP contribution in [0.15, 0.2) is 59.9 Å². The molecule has 2 rings (SSSR count). The van der Waals surface area contributed by atoms with Crippen LogP contribution in [0.1, 0.15) is 122 Å². The van der Waals surface area contributed by atoms with Gasteiger partial charge in [0.15, 0.2) is 0 Å². The molecule has 1 saturated heterocycles. The van der Waals surface area contributed by atoms with Crippen LogP contribution in [0.2, 0.25) is 0 Å². The van der Waals surface area contributed by atoms with Crippen molar-refractivity contribution in [1.82, 2.24) is 0 Å². The first-order valence-corrected chi connectivity index (χ1v) is 13.9. The lowest BCUT2D eigenvalue weighted by Crippen LogP contribution is -2.29. The monoisotopic (exact) mass is 460 g/mol. The largest absolute Gasteiger partial charge is 0.489 e. The molecule has 33 heavy (non-hydrogen) atoms. The van der Waals surface area contributed by atoms with E-state index in [0.717, 1.165) is 11.7 Å². The molecule has 1 aliphatic heterocycles. The van der Waals surface area contributed by atoms with Gasteiger partial charge in [0.1, 0.15) is 11.9 Å². The van der Waals surface area contributed by atoms with Crippen molar-refractivity contribution < 1.29 is 4.74 Å². The summed E-state index contributed by atoms with van der Waals surface area (Å²) in [6.07, 6.45) is 21.1. The molecule has 1 saturated carbocycles. The van der Waals surface area contributed by atoms with E-state index in [1.54, 1.807) is 0 Å². The first-order chi connectivity index (χ1) is 16.0. The highest BCUT2D eigenvalue weighted by molar-refractivity contribution is 5.41. The molecule has 1 heterocycles. The summed E-state index contributed by atoms with van der Waals surface area (Å²) < 4.78 is 6.52. The average Bonchev–Trinajstić information content (AvgIpc) is 3.03. The van der Waals surface area contributed by atoms with Crippen molar-refractivity contribution in [2.24, 2.45) is 17.8 Å². The Hall–Kier alpha value is -1.50. The minimum Gasteiger partial charge on any atom is -0.489 e. The van der Waals surface area contributed by atoms with Crippen molar-refractivity contribution >= 4 is 0 Å². The van der Waals surface area contributed by atoms with Crippen molar-refractivity contribution in [1.29, 1.82) is 0 Å². The van der Waals surface area contributed by atoms with Crippen LogP contribution in [-0.2, 0) is 4.74 Å². The van der Waals surface area contributed by atoms with Gasteiger partial charge in [-0.25, -0.2) is 0 Å². The molecule has 1 aliphatic carbocycles. The second-order valence-electron chi connectivity index (χ2n) is 8.10. The molecule has 0 N–H and O–H groups in total. The van der Waals surface area contributed by atoms with Crippen LogP contribution in [0.3, 0.4) is 0 Å². The number of allylic oxidation sites excluding steroid dienone is 7. The highest BCUT2D eigenvalue weighted by atomic mass is 16.5. The zero-order valence-electron chi connectivity index (χ0n) is 24.6. The van der Waals surface area contributed by atoms with Gasteiger partial charge in [-0.05, 0) is 52.0 Å². The van der Waals surface area contributed by atoms with Gasteiger partial charge in [-0.1, -0.05) is 130 Å². The van der Waals surface area contributed by atoms with Gasteiger partial charge in [0.05, 0.1) is 0 Å². The van der Waals surface area contributed by atoms with Crippen LogP contribution in [0.4, 0.5) is 0 Å². The quantitative estimate of drug-likeness (QED) is 0.299. The summed E-state index contributed by atoms with van der Waals surface area (Å²) in [5, 5.41) is 0. The van der Waals surface area contributed by atoms with Gasteiger partial charge >= 0.3 is 0 Å². The van der Waals surface area contributed by atoms with E-state index in [2.05, 4.69) is 52.5 Å². The van der Waals surface area contributed by atoms with Crippen LogP contribution >= 0.6 is 0 Å². The molecule has 0 spiro atoms. The maximum Gasteiger partial charge on any atom is 0.122 e. The smallest absolute Gasteiger partial charge is 0.122 e. The molecule has 0 aromatic carbocycles. The number of ether oxygens (including phenoxy) is 1. The molecule has 3 unspecified atom stereocenters. The van der Waals surface area contributed by atoms with E-state index in [1.807, 2.05) is 73.6 Å². The molecule has 2 aliphatic rings. The molecular formula is C32H60O. The van der Waals surface area contributed by atoms with Crippen LogP contribution in [0, 0.1) is 17.8 Å². The van der Waals surface area contributed by atoms with Gasteiger partial charge in [0.25, 0.3) is 0 Å². The second kappa shape index (κ2) is 25.1. The summed E-state index contributed by atoms with van der Waals surface area (Å²) in [6.45, 7) is 28.7. The molecule has 3 atom stereocenters. The van der Waals surface area contributed by atoms with Crippen molar-refractivity contribution in [2.45, 2.75) is 128 Å².